The number of esters is 2. The fraction of sp³-hybridized carbons (Fsp3) is 0. The zero-order chi connectivity index (χ0) is 21.9. The van der Waals surface area contributed by atoms with Crippen molar-refractivity contribution < 1.29 is 37.3 Å². The largest absolute Gasteiger partial charge is 0.462 e. The third-order valence-electron chi connectivity index (χ3n) is 3.40. The Balaban J connectivity index is 2.06. The molecule has 6 nitrogen and oxygen atoms in total. The molecule has 0 heterocycles. The second-order valence-electron chi connectivity index (χ2n) is 5.35. The number of hydrogen-bond acceptors (Lipinski definition) is 6. The van der Waals surface area contributed by atoms with Crippen LogP contribution >= 0.6 is 0 Å². The van der Waals surface area contributed by atoms with E-state index in [1.54, 1.807) is 0 Å². The summed E-state index contributed by atoms with van der Waals surface area (Å²) in [6.45, 7) is 6.45. The highest BCUT2D eigenvalue weighted by atomic mass is 19.1. The maximum Gasteiger partial charge on any atom is 0.335 e. The van der Waals surface area contributed by atoms with Crippen LogP contribution in [0.4, 0.5) is 8.78 Å². The van der Waals surface area contributed by atoms with Crippen molar-refractivity contribution in [3.05, 3.63) is 98.4 Å². The third-order valence-corrected chi connectivity index (χ3v) is 3.40. The van der Waals surface area contributed by atoms with E-state index in [4.69, 9.17) is 9.47 Å². The van der Waals surface area contributed by atoms with E-state index < -0.39 is 23.6 Å². The van der Waals surface area contributed by atoms with Gasteiger partial charge < -0.3 is 18.9 Å². The predicted octanol–water partition coefficient (Wildman–Crippen LogP) is 4.79. The molecule has 0 N–H and O–H groups in total. The van der Waals surface area contributed by atoms with Gasteiger partial charge in [0.25, 0.3) is 0 Å². The molecule has 2 aromatic carbocycles. The van der Waals surface area contributed by atoms with Crippen molar-refractivity contribution in [2.24, 2.45) is 0 Å². The van der Waals surface area contributed by atoms with E-state index in [1.165, 1.54) is 24.3 Å². The molecule has 0 bridgehead atoms. The third kappa shape index (κ3) is 6.45. The predicted molar refractivity (Wildman–Crippen MR) is 104 cm³/mol. The zero-order valence-corrected chi connectivity index (χ0v) is 15.5. The van der Waals surface area contributed by atoms with Crippen molar-refractivity contribution in [1.82, 2.24) is 0 Å². The minimum absolute atomic E-state index is 0.00363. The second-order valence-corrected chi connectivity index (χ2v) is 5.35. The van der Waals surface area contributed by atoms with Gasteiger partial charge in [-0.3, -0.25) is 0 Å². The summed E-state index contributed by atoms with van der Waals surface area (Å²) in [5.41, 5.74) is 0.395. The van der Waals surface area contributed by atoms with Crippen LogP contribution in [0.25, 0.3) is 11.1 Å². The molecule has 0 atom stereocenters. The molecule has 0 aliphatic carbocycles. The van der Waals surface area contributed by atoms with Gasteiger partial charge in [0.2, 0.25) is 0 Å². The number of halogens is 2. The molecule has 0 saturated heterocycles. The van der Waals surface area contributed by atoms with Crippen LogP contribution in [-0.4, -0.2) is 11.9 Å². The Kier molecular flexibility index (Phi) is 8.07. The smallest absolute Gasteiger partial charge is 0.335 e. The lowest BCUT2D eigenvalue weighted by Gasteiger charge is -2.08. The minimum Gasteiger partial charge on any atom is -0.462 e. The van der Waals surface area contributed by atoms with Crippen LogP contribution in [0.15, 0.2) is 86.8 Å². The highest BCUT2D eigenvalue weighted by molar-refractivity contribution is 5.82. The van der Waals surface area contributed by atoms with Gasteiger partial charge in [-0.25, -0.2) is 18.4 Å². The molecule has 0 aliphatic rings. The first-order chi connectivity index (χ1) is 14.4. The maximum atomic E-state index is 14.4. The van der Waals surface area contributed by atoms with Crippen molar-refractivity contribution in [2.45, 2.75) is 0 Å². The van der Waals surface area contributed by atoms with Crippen molar-refractivity contribution in [1.29, 1.82) is 0 Å². The van der Waals surface area contributed by atoms with Gasteiger partial charge in [0, 0.05) is 23.8 Å². The van der Waals surface area contributed by atoms with Crippen molar-refractivity contribution in [3.8, 4) is 22.6 Å². The van der Waals surface area contributed by atoms with Gasteiger partial charge in [0.05, 0.1) is 0 Å². The van der Waals surface area contributed by atoms with Crippen LogP contribution in [0.1, 0.15) is 0 Å². The summed E-state index contributed by atoms with van der Waals surface area (Å²) in [4.78, 5) is 21.7. The van der Waals surface area contributed by atoms with Gasteiger partial charge in [-0.15, -0.1) is 0 Å². The lowest BCUT2D eigenvalue weighted by Crippen LogP contribution is -1.95. The Labute approximate surface area is 170 Å². The molecule has 154 valence electrons. The standard InChI is InChI=1S/C22H16F2O6/c1-3-21(25)29-11-9-27-16-7-5-15(6-8-16)17-13-19(24)20(14-18(17)23)28-10-12-30-22(26)4-2/h3-14H,1-2H2/b11-9-,12-10-. The van der Waals surface area contributed by atoms with E-state index in [-0.39, 0.29) is 11.3 Å². The fourth-order valence-corrected chi connectivity index (χ4v) is 2.05. The Bertz CT molecular complexity index is 993. The van der Waals surface area contributed by atoms with Crippen molar-refractivity contribution in [2.75, 3.05) is 0 Å². The van der Waals surface area contributed by atoms with Gasteiger partial charge in [0.15, 0.2) is 11.6 Å². The number of carbonyl (C=O) groups excluding carboxylic acids is 2. The molecule has 2 aromatic rings. The van der Waals surface area contributed by atoms with E-state index in [9.17, 15) is 18.4 Å². The molecule has 8 heteroatoms. The number of rotatable bonds is 9. The van der Waals surface area contributed by atoms with Crippen LogP contribution in [0.5, 0.6) is 11.5 Å². The molecule has 0 saturated carbocycles. The summed E-state index contributed by atoms with van der Waals surface area (Å²) in [6, 6.07) is 7.92. The normalized spacial score (nSPS) is 10.6. The first-order valence-corrected chi connectivity index (χ1v) is 8.33. The lowest BCUT2D eigenvalue weighted by molar-refractivity contribution is -0.133. The molecule has 0 unspecified atom stereocenters. The molecule has 0 aromatic heterocycles. The minimum atomic E-state index is -0.821. The summed E-state index contributed by atoms with van der Waals surface area (Å²) in [5, 5.41) is 0. The van der Waals surface area contributed by atoms with Gasteiger partial charge in [-0.2, -0.15) is 0 Å². The van der Waals surface area contributed by atoms with Gasteiger partial charge in [-0.1, -0.05) is 25.3 Å². The van der Waals surface area contributed by atoms with Crippen LogP contribution in [0, 0.1) is 11.6 Å². The topological polar surface area (TPSA) is 71.1 Å². The molecular formula is C22H16F2O6. The molecule has 0 spiro atoms. The maximum absolute atomic E-state index is 14.4. The Morgan fingerprint density at radius 3 is 1.90 bits per heavy atom. The highest BCUT2D eigenvalue weighted by Crippen LogP contribution is 2.30. The van der Waals surface area contributed by atoms with E-state index >= 15 is 0 Å². The summed E-state index contributed by atoms with van der Waals surface area (Å²) in [6.07, 6.45) is 5.88. The number of hydrogen-bond donors (Lipinski definition) is 0. The monoisotopic (exact) mass is 414 g/mol. The molecule has 0 fully saturated rings. The van der Waals surface area contributed by atoms with Gasteiger partial charge >= 0.3 is 11.9 Å². The molecule has 2 rings (SSSR count). The number of carbonyl (C=O) groups is 2. The van der Waals surface area contributed by atoms with Crippen LogP contribution in [0.2, 0.25) is 0 Å². The summed E-state index contributed by atoms with van der Waals surface area (Å²) in [5.74, 6) is -2.92. The quantitative estimate of drug-likeness (QED) is 0.334. The first kappa shape index (κ1) is 22.1. The molecule has 0 radical (unpaired) electrons. The highest BCUT2D eigenvalue weighted by Gasteiger charge is 2.12. The van der Waals surface area contributed by atoms with Crippen LogP contribution in [0.3, 0.4) is 0 Å². The number of ether oxygens (including phenoxy) is 4. The number of benzene rings is 2. The van der Waals surface area contributed by atoms with Crippen LogP contribution < -0.4 is 9.47 Å². The summed E-state index contributed by atoms with van der Waals surface area (Å²) >= 11 is 0. The summed E-state index contributed by atoms with van der Waals surface area (Å²) < 4.78 is 47.9. The molecule has 0 aliphatic heterocycles. The fourth-order valence-electron chi connectivity index (χ4n) is 2.05. The lowest BCUT2D eigenvalue weighted by atomic mass is 10.0. The molecular weight excluding hydrogens is 398 g/mol. The Morgan fingerprint density at radius 1 is 0.767 bits per heavy atom. The second kappa shape index (κ2) is 11.0. The van der Waals surface area contributed by atoms with Gasteiger partial charge in [-0.05, 0) is 23.8 Å². The van der Waals surface area contributed by atoms with Crippen LogP contribution in [-0.2, 0) is 19.1 Å². The van der Waals surface area contributed by atoms with Gasteiger partial charge in [0.1, 0.15) is 36.6 Å². The Hall–Kier alpha value is -4.20. The summed E-state index contributed by atoms with van der Waals surface area (Å²) in [7, 11) is 0. The Morgan fingerprint density at radius 2 is 1.33 bits per heavy atom. The molecule has 0 amide bonds. The average molecular weight is 414 g/mol. The zero-order valence-electron chi connectivity index (χ0n) is 15.5. The SMILES string of the molecule is C=CC(=O)O/C=C\Oc1ccc(-c2cc(F)c(O/C=C\OC(=O)C=C)cc2F)cc1. The van der Waals surface area contributed by atoms with E-state index in [2.05, 4.69) is 22.6 Å². The van der Waals surface area contributed by atoms with Crippen molar-refractivity contribution >= 4 is 11.9 Å². The average Bonchev–Trinajstić information content (AvgIpc) is 2.76. The van der Waals surface area contributed by atoms with E-state index in [1.807, 2.05) is 0 Å². The molecule has 30 heavy (non-hydrogen) atoms. The van der Waals surface area contributed by atoms with E-state index in [0.29, 0.717) is 11.3 Å². The van der Waals surface area contributed by atoms with Crippen molar-refractivity contribution in [3.63, 3.8) is 0 Å². The first-order valence-electron chi connectivity index (χ1n) is 8.33. The van der Waals surface area contributed by atoms with E-state index in [0.717, 1.165) is 49.3 Å².